The number of hydrogen-bond acceptors (Lipinski definition) is 6. The first-order valence-corrected chi connectivity index (χ1v) is 10.2. The van der Waals surface area contributed by atoms with E-state index in [1.54, 1.807) is 12.3 Å². The lowest BCUT2D eigenvalue weighted by Gasteiger charge is -2.40. The van der Waals surface area contributed by atoms with Crippen molar-refractivity contribution in [2.45, 2.75) is 39.2 Å². The van der Waals surface area contributed by atoms with Crippen LogP contribution < -0.4 is 4.90 Å². The van der Waals surface area contributed by atoms with Gasteiger partial charge in [-0.15, -0.1) is 0 Å². The molecule has 0 N–H and O–H groups in total. The Labute approximate surface area is 167 Å². The molecule has 2 aliphatic heterocycles. The fourth-order valence-corrected chi connectivity index (χ4v) is 3.95. The SMILES string of the molecule is CC(C)(C)OC(=O)N1CCCC(CN2CCN(c3ncccc3C#N)CC2)C1. The standard InChI is InChI=1S/C21H31N5O2/c1-21(2,3)28-20(27)26-9-5-6-17(16-26)15-24-10-12-25(13-11-24)19-18(14-22)7-4-8-23-19/h4,7-8,17H,5-6,9-13,15-16H2,1-3H3. The fourth-order valence-electron chi connectivity index (χ4n) is 3.95. The molecule has 1 amide bonds. The van der Waals surface area contributed by atoms with Gasteiger partial charge >= 0.3 is 6.09 Å². The van der Waals surface area contributed by atoms with E-state index in [2.05, 4.69) is 20.9 Å². The van der Waals surface area contributed by atoms with Crippen molar-refractivity contribution >= 4 is 11.9 Å². The number of pyridine rings is 1. The summed E-state index contributed by atoms with van der Waals surface area (Å²) >= 11 is 0. The molecule has 0 radical (unpaired) electrons. The third kappa shape index (κ3) is 5.35. The number of anilines is 1. The highest BCUT2D eigenvalue weighted by Gasteiger charge is 2.29. The summed E-state index contributed by atoms with van der Waals surface area (Å²) in [7, 11) is 0. The smallest absolute Gasteiger partial charge is 0.410 e. The first kappa shape index (κ1) is 20.4. The Morgan fingerprint density at radius 2 is 2.04 bits per heavy atom. The van der Waals surface area contributed by atoms with Crippen molar-refractivity contribution < 1.29 is 9.53 Å². The van der Waals surface area contributed by atoms with Gasteiger partial charge in [0.1, 0.15) is 17.5 Å². The molecule has 152 valence electrons. The van der Waals surface area contributed by atoms with E-state index in [-0.39, 0.29) is 6.09 Å². The molecule has 2 fully saturated rings. The van der Waals surface area contributed by atoms with Crippen molar-refractivity contribution in [1.82, 2.24) is 14.8 Å². The molecule has 0 aliphatic carbocycles. The predicted octanol–water partition coefficient (Wildman–Crippen LogP) is 2.72. The molecule has 1 aromatic heterocycles. The highest BCUT2D eigenvalue weighted by Crippen LogP contribution is 2.22. The monoisotopic (exact) mass is 385 g/mol. The molecule has 0 aromatic carbocycles. The molecule has 7 heteroatoms. The number of nitrogens with zero attached hydrogens (tertiary/aromatic N) is 5. The van der Waals surface area contributed by atoms with Crippen molar-refractivity contribution in [2.75, 3.05) is 50.7 Å². The number of carbonyl (C=O) groups is 1. The Morgan fingerprint density at radius 1 is 1.29 bits per heavy atom. The quantitative estimate of drug-likeness (QED) is 0.797. The van der Waals surface area contributed by atoms with E-state index in [0.29, 0.717) is 11.5 Å². The van der Waals surface area contributed by atoms with Crippen LogP contribution in [-0.4, -0.2) is 72.3 Å². The number of ether oxygens (including phenoxy) is 1. The summed E-state index contributed by atoms with van der Waals surface area (Å²) in [4.78, 5) is 23.3. The van der Waals surface area contributed by atoms with E-state index in [1.165, 1.54) is 0 Å². The number of amides is 1. The summed E-state index contributed by atoms with van der Waals surface area (Å²) in [5.74, 6) is 1.27. The topological polar surface area (TPSA) is 72.7 Å². The first-order chi connectivity index (χ1) is 13.4. The van der Waals surface area contributed by atoms with Crippen molar-refractivity contribution in [2.24, 2.45) is 5.92 Å². The maximum Gasteiger partial charge on any atom is 0.410 e. The predicted molar refractivity (Wildman–Crippen MR) is 108 cm³/mol. The Bertz CT molecular complexity index is 716. The van der Waals surface area contributed by atoms with Gasteiger partial charge in [-0.05, 0) is 51.7 Å². The van der Waals surface area contributed by atoms with Gasteiger partial charge in [0.15, 0.2) is 0 Å². The molecule has 0 spiro atoms. The van der Waals surface area contributed by atoms with Crippen LogP contribution in [0.1, 0.15) is 39.2 Å². The zero-order valence-corrected chi connectivity index (χ0v) is 17.2. The molecule has 2 aliphatic rings. The van der Waals surface area contributed by atoms with Gasteiger partial charge in [-0.25, -0.2) is 9.78 Å². The van der Waals surface area contributed by atoms with E-state index >= 15 is 0 Å². The second-order valence-electron chi connectivity index (χ2n) is 8.71. The fraction of sp³-hybridized carbons (Fsp3) is 0.667. The van der Waals surface area contributed by atoms with Crippen molar-refractivity contribution in [3.63, 3.8) is 0 Å². The highest BCUT2D eigenvalue weighted by molar-refractivity contribution is 5.68. The Hall–Kier alpha value is -2.33. The normalized spacial score (nSPS) is 21.3. The lowest BCUT2D eigenvalue weighted by Crippen LogP contribution is -2.50. The zero-order chi connectivity index (χ0) is 20.1. The number of piperazine rings is 1. The number of rotatable bonds is 3. The molecular formula is C21H31N5O2. The number of hydrogen-bond donors (Lipinski definition) is 0. The van der Waals surface area contributed by atoms with Gasteiger partial charge < -0.3 is 14.5 Å². The average Bonchev–Trinajstić information content (AvgIpc) is 2.67. The summed E-state index contributed by atoms with van der Waals surface area (Å²) in [6.07, 6.45) is 3.73. The van der Waals surface area contributed by atoms with Crippen molar-refractivity contribution in [3.8, 4) is 6.07 Å². The van der Waals surface area contributed by atoms with E-state index in [4.69, 9.17) is 4.74 Å². The van der Waals surface area contributed by atoms with Gasteiger partial charge in [-0.3, -0.25) is 4.90 Å². The molecule has 3 rings (SSSR count). The highest BCUT2D eigenvalue weighted by atomic mass is 16.6. The first-order valence-electron chi connectivity index (χ1n) is 10.2. The molecule has 0 saturated carbocycles. The maximum absolute atomic E-state index is 12.4. The number of nitriles is 1. The van der Waals surface area contributed by atoms with Crippen LogP contribution in [0, 0.1) is 17.2 Å². The summed E-state index contributed by atoms with van der Waals surface area (Å²) in [6, 6.07) is 5.86. The largest absolute Gasteiger partial charge is 0.444 e. The Kier molecular flexibility index (Phi) is 6.40. The van der Waals surface area contributed by atoms with E-state index in [9.17, 15) is 10.1 Å². The maximum atomic E-state index is 12.4. The number of piperidine rings is 1. The van der Waals surface area contributed by atoms with Gasteiger partial charge in [0.2, 0.25) is 0 Å². The molecule has 3 heterocycles. The third-order valence-electron chi connectivity index (χ3n) is 5.27. The second-order valence-corrected chi connectivity index (χ2v) is 8.71. The Balaban J connectivity index is 1.49. The minimum Gasteiger partial charge on any atom is -0.444 e. The summed E-state index contributed by atoms with van der Waals surface area (Å²) in [6.45, 7) is 11.9. The lowest BCUT2D eigenvalue weighted by atomic mass is 9.97. The van der Waals surface area contributed by atoms with Crippen LogP contribution in [0.25, 0.3) is 0 Å². The molecule has 1 atom stereocenters. The summed E-state index contributed by atoms with van der Waals surface area (Å²) in [5, 5.41) is 9.29. The van der Waals surface area contributed by atoms with E-state index < -0.39 is 5.60 Å². The van der Waals surface area contributed by atoms with Gasteiger partial charge in [0, 0.05) is 52.0 Å². The second kappa shape index (κ2) is 8.78. The van der Waals surface area contributed by atoms with Gasteiger partial charge in [0.25, 0.3) is 0 Å². The molecule has 1 aromatic rings. The van der Waals surface area contributed by atoms with Gasteiger partial charge in [-0.2, -0.15) is 5.26 Å². The van der Waals surface area contributed by atoms with Crippen molar-refractivity contribution in [1.29, 1.82) is 5.26 Å². The van der Waals surface area contributed by atoms with Crippen LogP contribution in [0.5, 0.6) is 0 Å². The summed E-state index contributed by atoms with van der Waals surface area (Å²) in [5.41, 5.74) is 0.185. The molecule has 2 saturated heterocycles. The minimum atomic E-state index is -0.450. The molecule has 28 heavy (non-hydrogen) atoms. The van der Waals surface area contributed by atoms with Crippen LogP contribution in [0.15, 0.2) is 18.3 Å². The lowest BCUT2D eigenvalue weighted by molar-refractivity contribution is 0.0143. The number of aromatic nitrogens is 1. The number of carbonyl (C=O) groups excluding carboxylic acids is 1. The number of likely N-dealkylation sites (tertiary alicyclic amines) is 1. The van der Waals surface area contributed by atoms with E-state index in [0.717, 1.165) is 64.5 Å². The molecule has 7 nitrogen and oxygen atoms in total. The Morgan fingerprint density at radius 3 is 2.71 bits per heavy atom. The average molecular weight is 386 g/mol. The molecule has 1 unspecified atom stereocenters. The zero-order valence-electron chi connectivity index (χ0n) is 17.2. The van der Waals surface area contributed by atoms with E-state index in [1.807, 2.05) is 31.7 Å². The molecular weight excluding hydrogens is 354 g/mol. The molecule has 0 bridgehead atoms. The van der Waals surface area contributed by atoms with Crippen molar-refractivity contribution in [3.05, 3.63) is 23.9 Å². The van der Waals surface area contributed by atoms with Crippen LogP contribution in [-0.2, 0) is 4.74 Å². The minimum absolute atomic E-state index is 0.193. The van der Waals surface area contributed by atoms with Gasteiger partial charge in [-0.1, -0.05) is 0 Å². The summed E-state index contributed by atoms with van der Waals surface area (Å²) < 4.78 is 5.53. The van der Waals surface area contributed by atoms with Crippen LogP contribution in [0.2, 0.25) is 0 Å². The van der Waals surface area contributed by atoms with Crippen LogP contribution >= 0.6 is 0 Å². The third-order valence-corrected chi connectivity index (χ3v) is 5.27. The van der Waals surface area contributed by atoms with Crippen LogP contribution in [0.4, 0.5) is 10.6 Å². The van der Waals surface area contributed by atoms with Gasteiger partial charge in [0.05, 0.1) is 5.56 Å². The van der Waals surface area contributed by atoms with Crippen LogP contribution in [0.3, 0.4) is 0 Å².